The van der Waals surface area contributed by atoms with Crippen molar-refractivity contribution in [3.05, 3.63) is 48.4 Å². The van der Waals surface area contributed by atoms with Gasteiger partial charge in [0, 0.05) is 11.9 Å². The molecule has 0 aliphatic rings. The maximum absolute atomic E-state index is 12.5. The van der Waals surface area contributed by atoms with Crippen LogP contribution in [0.2, 0.25) is 0 Å². The average Bonchev–Trinajstić information content (AvgIpc) is 3.15. The number of ether oxygens (including phenoxy) is 2. The van der Waals surface area contributed by atoms with Crippen molar-refractivity contribution in [2.75, 3.05) is 17.2 Å². The zero-order chi connectivity index (χ0) is 23.1. The van der Waals surface area contributed by atoms with E-state index in [4.69, 9.17) is 9.47 Å². The second-order valence-corrected chi connectivity index (χ2v) is 8.79. The van der Waals surface area contributed by atoms with E-state index in [-0.39, 0.29) is 12.3 Å². The number of hydrogen-bond acceptors (Lipinski definition) is 8. The van der Waals surface area contributed by atoms with Gasteiger partial charge in [0.15, 0.2) is 5.13 Å². The third kappa shape index (κ3) is 7.02. The molecule has 2 aromatic heterocycles. The van der Waals surface area contributed by atoms with Crippen LogP contribution in [0.1, 0.15) is 33.3 Å². The van der Waals surface area contributed by atoms with E-state index in [1.165, 1.54) is 11.3 Å². The first-order chi connectivity index (χ1) is 15.2. The zero-order valence-corrected chi connectivity index (χ0v) is 19.2. The monoisotopic (exact) mass is 455 g/mol. The van der Waals surface area contributed by atoms with Gasteiger partial charge in [-0.15, -0.1) is 0 Å². The van der Waals surface area contributed by atoms with Crippen LogP contribution >= 0.6 is 11.3 Å². The van der Waals surface area contributed by atoms with Crippen LogP contribution in [0, 0.1) is 0 Å². The number of amides is 2. The Morgan fingerprint density at radius 3 is 2.69 bits per heavy atom. The maximum atomic E-state index is 12.5. The minimum Gasteiger partial charge on any atom is -0.477 e. The Hall–Kier alpha value is -3.53. The lowest BCUT2D eigenvalue weighted by Gasteiger charge is -2.19. The van der Waals surface area contributed by atoms with Crippen molar-refractivity contribution in [1.29, 1.82) is 0 Å². The Morgan fingerprint density at radius 2 is 1.94 bits per heavy atom. The fraction of sp³-hybridized carbons (Fsp3) is 0.318. The summed E-state index contributed by atoms with van der Waals surface area (Å²) in [6.45, 7) is 7.74. The van der Waals surface area contributed by atoms with Gasteiger partial charge in [0.05, 0.1) is 30.3 Å². The Morgan fingerprint density at radius 1 is 1.12 bits per heavy atom. The normalized spacial score (nSPS) is 11.0. The van der Waals surface area contributed by atoms with E-state index in [9.17, 15) is 9.59 Å². The second kappa shape index (κ2) is 10.2. The molecule has 2 heterocycles. The molecule has 0 fully saturated rings. The molecule has 0 unspecified atom stereocenters. The number of benzene rings is 1. The molecule has 3 aromatic rings. The molecule has 2 N–H and O–H groups in total. The van der Waals surface area contributed by atoms with Crippen molar-refractivity contribution < 1.29 is 19.1 Å². The van der Waals surface area contributed by atoms with E-state index < -0.39 is 11.7 Å². The second-order valence-electron chi connectivity index (χ2n) is 7.76. The summed E-state index contributed by atoms with van der Waals surface area (Å²) in [5.41, 5.74) is 1.32. The highest BCUT2D eigenvalue weighted by Gasteiger charge is 2.16. The standard InChI is InChI=1S/C22H25N5O4S/c1-5-30-19-13-23-11-16(26-19)17-12-24-20(32-17)27-18(28)10-14-7-6-8-15(9-14)25-21(29)31-22(2,3)4/h6-9,11-13H,5,10H2,1-4H3,(H,25,29)(H,24,27,28). The van der Waals surface area contributed by atoms with Crippen molar-refractivity contribution in [3.63, 3.8) is 0 Å². The van der Waals surface area contributed by atoms with Gasteiger partial charge in [-0.1, -0.05) is 23.5 Å². The van der Waals surface area contributed by atoms with E-state index >= 15 is 0 Å². The molecular weight excluding hydrogens is 430 g/mol. The number of rotatable bonds is 7. The largest absolute Gasteiger partial charge is 0.477 e. The Kier molecular flexibility index (Phi) is 7.37. The SMILES string of the molecule is CCOc1cncc(-c2cnc(NC(=O)Cc3cccc(NC(=O)OC(C)(C)C)c3)s2)n1. The van der Waals surface area contributed by atoms with Crippen LogP contribution in [0.15, 0.2) is 42.9 Å². The molecule has 10 heteroatoms. The highest BCUT2D eigenvalue weighted by molar-refractivity contribution is 7.19. The first-order valence-corrected chi connectivity index (χ1v) is 10.8. The molecule has 0 radical (unpaired) electrons. The predicted molar refractivity (Wildman–Crippen MR) is 123 cm³/mol. The lowest BCUT2D eigenvalue weighted by Crippen LogP contribution is -2.27. The van der Waals surface area contributed by atoms with Gasteiger partial charge in [0.25, 0.3) is 0 Å². The van der Waals surface area contributed by atoms with Crippen LogP contribution in [-0.4, -0.2) is 39.2 Å². The summed E-state index contributed by atoms with van der Waals surface area (Å²) < 4.78 is 10.6. The molecule has 0 bridgehead atoms. The van der Waals surface area contributed by atoms with Gasteiger partial charge >= 0.3 is 6.09 Å². The van der Waals surface area contributed by atoms with Crippen LogP contribution in [0.3, 0.4) is 0 Å². The molecule has 0 saturated carbocycles. The number of nitrogens with one attached hydrogen (secondary N) is 2. The summed E-state index contributed by atoms with van der Waals surface area (Å²) in [7, 11) is 0. The molecule has 3 rings (SSSR count). The Balaban J connectivity index is 1.60. The fourth-order valence-electron chi connectivity index (χ4n) is 2.66. The number of hydrogen-bond donors (Lipinski definition) is 2. The topological polar surface area (TPSA) is 115 Å². The first-order valence-electron chi connectivity index (χ1n) is 10.0. The fourth-order valence-corrected chi connectivity index (χ4v) is 3.45. The van der Waals surface area contributed by atoms with Crippen LogP contribution in [0.5, 0.6) is 5.88 Å². The maximum Gasteiger partial charge on any atom is 0.412 e. The molecule has 168 valence electrons. The van der Waals surface area contributed by atoms with Crippen LogP contribution in [0.4, 0.5) is 15.6 Å². The lowest BCUT2D eigenvalue weighted by molar-refractivity contribution is -0.115. The van der Waals surface area contributed by atoms with Gasteiger partial charge in [-0.3, -0.25) is 15.1 Å². The molecule has 0 atom stereocenters. The van der Waals surface area contributed by atoms with Gasteiger partial charge in [0.2, 0.25) is 11.8 Å². The smallest absolute Gasteiger partial charge is 0.412 e. The molecule has 0 aliphatic heterocycles. The van der Waals surface area contributed by atoms with E-state index in [1.807, 2.05) is 13.0 Å². The van der Waals surface area contributed by atoms with Gasteiger partial charge < -0.3 is 14.8 Å². The highest BCUT2D eigenvalue weighted by Crippen LogP contribution is 2.28. The van der Waals surface area contributed by atoms with E-state index in [1.54, 1.807) is 57.6 Å². The molecule has 32 heavy (non-hydrogen) atoms. The van der Waals surface area contributed by atoms with Gasteiger partial charge in [0.1, 0.15) is 11.3 Å². The number of aromatic nitrogens is 3. The van der Waals surface area contributed by atoms with E-state index in [0.717, 1.165) is 10.4 Å². The summed E-state index contributed by atoms with van der Waals surface area (Å²) >= 11 is 1.29. The zero-order valence-electron chi connectivity index (χ0n) is 18.3. The van der Waals surface area contributed by atoms with Crippen molar-refractivity contribution in [2.45, 2.75) is 39.7 Å². The number of anilines is 2. The summed E-state index contributed by atoms with van der Waals surface area (Å²) in [6, 6.07) is 7.03. The predicted octanol–water partition coefficient (Wildman–Crippen LogP) is 4.53. The average molecular weight is 456 g/mol. The highest BCUT2D eigenvalue weighted by atomic mass is 32.1. The molecule has 0 spiro atoms. The quantitative estimate of drug-likeness (QED) is 0.538. The van der Waals surface area contributed by atoms with Crippen LogP contribution in [-0.2, 0) is 16.0 Å². The van der Waals surface area contributed by atoms with Gasteiger partial charge in [-0.05, 0) is 45.4 Å². The molecule has 0 saturated heterocycles. The summed E-state index contributed by atoms with van der Waals surface area (Å²) in [5.74, 6) is 0.207. The van der Waals surface area contributed by atoms with Crippen molar-refractivity contribution in [3.8, 4) is 16.5 Å². The van der Waals surface area contributed by atoms with Crippen molar-refractivity contribution in [2.24, 2.45) is 0 Å². The number of thiazole rings is 1. The molecule has 0 aliphatic carbocycles. The van der Waals surface area contributed by atoms with Gasteiger partial charge in [-0.25, -0.2) is 14.8 Å². The lowest BCUT2D eigenvalue weighted by atomic mass is 10.1. The molecule has 2 amide bonds. The summed E-state index contributed by atoms with van der Waals surface area (Å²) in [6.07, 6.45) is 4.36. The Labute approximate surface area is 190 Å². The molecular formula is C22H25N5O4S. The summed E-state index contributed by atoms with van der Waals surface area (Å²) in [5, 5.41) is 5.91. The molecule has 9 nitrogen and oxygen atoms in total. The Bertz CT molecular complexity index is 1090. The number of nitrogens with zero attached hydrogens (tertiary/aromatic N) is 3. The van der Waals surface area contributed by atoms with Crippen molar-refractivity contribution >= 4 is 34.2 Å². The minimum absolute atomic E-state index is 0.123. The van der Waals surface area contributed by atoms with Crippen LogP contribution < -0.4 is 15.4 Å². The van der Waals surface area contributed by atoms with Gasteiger partial charge in [-0.2, -0.15) is 0 Å². The molecule has 1 aromatic carbocycles. The first kappa shape index (κ1) is 23.1. The van der Waals surface area contributed by atoms with E-state index in [0.29, 0.717) is 29.0 Å². The van der Waals surface area contributed by atoms with Crippen molar-refractivity contribution in [1.82, 2.24) is 15.0 Å². The third-order valence-corrected chi connectivity index (χ3v) is 4.78. The number of carbonyl (C=O) groups excluding carboxylic acids is 2. The third-order valence-electron chi connectivity index (χ3n) is 3.85. The minimum atomic E-state index is -0.593. The van der Waals surface area contributed by atoms with E-state index in [2.05, 4.69) is 25.6 Å². The number of carbonyl (C=O) groups is 2. The summed E-state index contributed by atoms with van der Waals surface area (Å²) in [4.78, 5) is 37.9. The van der Waals surface area contributed by atoms with Crippen LogP contribution in [0.25, 0.3) is 10.6 Å².